The van der Waals surface area contributed by atoms with Crippen LogP contribution in [0.3, 0.4) is 0 Å². The van der Waals surface area contributed by atoms with Crippen molar-refractivity contribution in [2.45, 2.75) is 44.2 Å². The van der Waals surface area contributed by atoms with Crippen molar-refractivity contribution in [2.75, 3.05) is 33.3 Å². The number of hydrogen-bond acceptors (Lipinski definition) is 3. The van der Waals surface area contributed by atoms with Crippen LogP contribution in [-0.4, -0.2) is 50.1 Å². The number of carbonyl (C=O) groups excluding carboxylic acids is 1. The smallest absolute Gasteiger partial charge is 0.416 e. The van der Waals surface area contributed by atoms with Crippen LogP contribution in [0.4, 0.5) is 13.2 Å². The molecular formula is C21H28F3N3O2. The zero-order valence-electron chi connectivity index (χ0n) is 16.9. The predicted octanol–water partition coefficient (Wildman–Crippen LogP) is 3.59. The van der Waals surface area contributed by atoms with Crippen molar-refractivity contribution >= 4 is 11.9 Å². The van der Waals surface area contributed by atoms with E-state index >= 15 is 0 Å². The molecule has 0 radical (unpaired) electrons. The van der Waals surface area contributed by atoms with Gasteiger partial charge in [0, 0.05) is 25.0 Å². The molecule has 1 aliphatic heterocycles. The number of benzene rings is 1. The van der Waals surface area contributed by atoms with E-state index in [0.717, 1.165) is 24.9 Å². The first kappa shape index (κ1) is 21.5. The number of likely N-dealkylation sites (tertiary alicyclic amines) is 1. The van der Waals surface area contributed by atoms with Crippen molar-refractivity contribution in [3.63, 3.8) is 0 Å². The van der Waals surface area contributed by atoms with Gasteiger partial charge in [-0.05, 0) is 44.2 Å². The summed E-state index contributed by atoms with van der Waals surface area (Å²) in [7, 11) is 1.41. The summed E-state index contributed by atoms with van der Waals surface area (Å²) in [5.74, 6) is 0.501. The number of rotatable bonds is 5. The number of nitrogens with one attached hydrogen (secondary N) is 1. The van der Waals surface area contributed by atoms with Crippen molar-refractivity contribution in [1.29, 1.82) is 0 Å². The second-order valence-electron chi connectivity index (χ2n) is 7.81. The van der Waals surface area contributed by atoms with E-state index in [0.29, 0.717) is 44.6 Å². The first-order chi connectivity index (χ1) is 13.8. The van der Waals surface area contributed by atoms with E-state index in [1.807, 2.05) is 6.92 Å². The summed E-state index contributed by atoms with van der Waals surface area (Å²) in [6, 6.07) is 5.62. The monoisotopic (exact) mass is 411 g/mol. The van der Waals surface area contributed by atoms with E-state index in [2.05, 4.69) is 10.2 Å². The van der Waals surface area contributed by atoms with Crippen molar-refractivity contribution in [2.24, 2.45) is 10.9 Å². The minimum absolute atomic E-state index is 0.0843. The molecule has 1 aromatic carbocycles. The normalized spacial score (nSPS) is 19.8. The third kappa shape index (κ3) is 5.03. The van der Waals surface area contributed by atoms with Crippen LogP contribution in [0.15, 0.2) is 29.3 Å². The molecule has 1 heterocycles. The Kier molecular flexibility index (Phi) is 6.39. The Morgan fingerprint density at radius 1 is 1.31 bits per heavy atom. The summed E-state index contributed by atoms with van der Waals surface area (Å²) < 4.78 is 44.0. The minimum atomic E-state index is -4.34. The highest BCUT2D eigenvalue weighted by molar-refractivity contribution is 5.80. The van der Waals surface area contributed by atoms with Gasteiger partial charge in [-0.1, -0.05) is 18.2 Å². The fourth-order valence-corrected chi connectivity index (χ4v) is 3.86. The first-order valence-corrected chi connectivity index (χ1v) is 10.1. The molecule has 1 aromatic rings. The summed E-state index contributed by atoms with van der Waals surface area (Å²) in [5.41, 5.74) is -0.218. The fourth-order valence-electron chi connectivity index (χ4n) is 3.86. The molecule has 5 nitrogen and oxygen atoms in total. The largest absolute Gasteiger partial charge is 0.469 e. The molecule has 0 spiro atoms. The fraction of sp³-hybridized carbons (Fsp3) is 0.619. The number of aliphatic imine (C=N–C) groups is 1. The number of piperidine rings is 1. The maximum Gasteiger partial charge on any atom is 0.416 e. The molecule has 1 aliphatic carbocycles. The summed E-state index contributed by atoms with van der Waals surface area (Å²) >= 11 is 0. The molecule has 2 fully saturated rings. The van der Waals surface area contributed by atoms with E-state index in [4.69, 9.17) is 9.73 Å². The van der Waals surface area contributed by atoms with Gasteiger partial charge in [-0.15, -0.1) is 0 Å². The Hall–Kier alpha value is -2.25. The van der Waals surface area contributed by atoms with Gasteiger partial charge in [0.1, 0.15) is 0 Å². The SMILES string of the molecule is CCNC(=NCC1(c2cccc(C(F)(F)F)c2)CC1)N1CCC(C(=O)OC)CC1. The standard InChI is InChI=1S/C21H28F3N3O2/c1-3-25-19(27-11-7-15(8-12-27)18(28)29-2)26-14-20(9-10-20)16-5-4-6-17(13-16)21(22,23)24/h4-6,13,15H,3,7-12,14H2,1-2H3,(H,25,26). The zero-order valence-corrected chi connectivity index (χ0v) is 16.9. The van der Waals surface area contributed by atoms with Crippen LogP contribution in [0, 0.1) is 5.92 Å². The molecule has 0 bridgehead atoms. The Labute approximate surface area is 169 Å². The number of hydrogen-bond donors (Lipinski definition) is 1. The first-order valence-electron chi connectivity index (χ1n) is 10.1. The molecule has 8 heteroatoms. The third-order valence-corrected chi connectivity index (χ3v) is 5.85. The molecule has 0 unspecified atom stereocenters. The number of guanidine groups is 1. The lowest BCUT2D eigenvalue weighted by molar-refractivity contribution is -0.146. The summed E-state index contributed by atoms with van der Waals surface area (Å²) in [6.07, 6.45) is -1.26. The van der Waals surface area contributed by atoms with Gasteiger partial charge in [-0.2, -0.15) is 13.2 Å². The van der Waals surface area contributed by atoms with E-state index in [9.17, 15) is 18.0 Å². The van der Waals surface area contributed by atoms with Crippen LogP contribution in [0.2, 0.25) is 0 Å². The van der Waals surface area contributed by atoms with Gasteiger partial charge in [0.05, 0.1) is 25.1 Å². The van der Waals surface area contributed by atoms with Crippen LogP contribution in [0.5, 0.6) is 0 Å². The summed E-state index contributed by atoms with van der Waals surface area (Å²) in [4.78, 5) is 18.6. The summed E-state index contributed by atoms with van der Waals surface area (Å²) in [5, 5.41) is 3.28. The number of esters is 1. The number of alkyl halides is 3. The third-order valence-electron chi connectivity index (χ3n) is 5.85. The predicted molar refractivity (Wildman–Crippen MR) is 105 cm³/mol. The van der Waals surface area contributed by atoms with Gasteiger partial charge in [-0.3, -0.25) is 9.79 Å². The van der Waals surface area contributed by atoms with Crippen molar-refractivity contribution in [3.8, 4) is 0 Å². The van der Waals surface area contributed by atoms with Crippen LogP contribution in [0.1, 0.15) is 43.7 Å². The van der Waals surface area contributed by atoms with Crippen molar-refractivity contribution in [1.82, 2.24) is 10.2 Å². The van der Waals surface area contributed by atoms with E-state index in [-0.39, 0.29) is 17.3 Å². The van der Waals surface area contributed by atoms with Crippen LogP contribution < -0.4 is 5.32 Å². The average molecular weight is 411 g/mol. The number of nitrogens with zero attached hydrogens (tertiary/aromatic N) is 2. The van der Waals surface area contributed by atoms with Crippen LogP contribution in [0.25, 0.3) is 0 Å². The topological polar surface area (TPSA) is 53.9 Å². The molecule has 1 N–H and O–H groups in total. The van der Waals surface area contributed by atoms with Gasteiger partial charge in [0.25, 0.3) is 0 Å². The number of methoxy groups -OCH3 is 1. The number of ether oxygens (including phenoxy) is 1. The van der Waals surface area contributed by atoms with E-state index in [1.165, 1.54) is 19.2 Å². The highest BCUT2D eigenvalue weighted by Gasteiger charge is 2.45. The van der Waals surface area contributed by atoms with Gasteiger partial charge in [0.2, 0.25) is 0 Å². The maximum atomic E-state index is 13.1. The van der Waals surface area contributed by atoms with E-state index < -0.39 is 11.7 Å². The molecule has 3 rings (SSSR count). The molecule has 0 atom stereocenters. The average Bonchev–Trinajstić information content (AvgIpc) is 3.51. The lowest BCUT2D eigenvalue weighted by Crippen LogP contribution is -2.47. The van der Waals surface area contributed by atoms with Gasteiger partial charge in [-0.25, -0.2) is 0 Å². The Bertz CT molecular complexity index is 752. The Balaban J connectivity index is 1.70. The molecule has 29 heavy (non-hydrogen) atoms. The highest BCUT2D eigenvalue weighted by Crippen LogP contribution is 2.49. The summed E-state index contributed by atoms with van der Waals surface area (Å²) in [6.45, 7) is 4.53. The zero-order chi connectivity index (χ0) is 21.1. The molecule has 1 saturated heterocycles. The molecule has 0 aromatic heterocycles. The number of halogens is 3. The minimum Gasteiger partial charge on any atom is -0.469 e. The Morgan fingerprint density at radius 2 is 2.00 bits per heavy atom. The second kappa shape index (κ2) is 8.63. The molecule has 160 valence electrons. The lowest BCUT2D eigenvalue weighted by atomic mass is 9.94. The van der Waals surface area contributed by atoms with Gasteiger partial charge < -0.3 is 15.0 Å². The quantitative estimate of drug-likeness (QED) is 0.457. The Morgan fingerprint density at radius 3 is 2.55 bits per heavy atom. The molecule has 2 aliphatic rings. The molecular weight excluding hydrogens is 383 g/mol. The van der Waals surface area contributed by atoms with Crippen LogP contribution in [-0.2, 0) is 21.1 Å². The van der Waals surface area contributed by atoms with Crippen LogP contribution >= 0.6 is 0 Å². The molecule has 0 amide bonds. The maximum absolute atomic E-state index is 13.1. The van der Waals surface area contributed by atoms with Crippen molar-refractivity contribution in [3.05, 3.63) is 35.4 Å². The second-order valence-corrected chi connectivity index (χ2v) is 7.81. The highest BCUT2D eigenvalue weighted by atomic mass is 19.4. The van der Waals surface area contributed by atoms with Crippen molar-refractivity contribution < 1.29 is 22.7 Å². The van der Waals surface area contributed by atoms with E-state index in [1.54, 1.807) is 6.07 Å². The molecule has 1 saturated carbocycles. The van der Waals surface area contributed by atoms with Gasteiger partial charge >= 0.3 is 12.1 Å². The lowest BCUT2D eigenvalue weighted by Gasteiger charge is -2.33. The number of carbonyl (C=O) groups is 1. The van der Waals surface area contributed by atoms with Gasteiger partial charge in [0.15, 0.2) is 5.96 Å².